The fraction of sp³-hybridized carbons (Fsp3) is 0.429. The second-order valence-electron chi connectivity index (χ2n) is 5.30. The van der Waals surface area contributed by atoms with Crippen molar-refractivity contribution in [3.05, 3.63) is 28.2 Å². The van der Waals surface area contributed by atoms with Crippen LogP contribution in [0.15, 0.2) is 23.1 Å². The van der Waals surface area contributed by atoms with E-state index in [-0.39, 0.29) is 40.9 Å². The van der Waals surface area contributed by atoms with Crippen LogP contribution >= 0.6 is 23.2 Å². The summed E-state index contributed by atoms with van der Waals surface area (Å²) in [5.41, 5.74) is 4.91. The molecular formula is C14H16Cl2N2O5S. The summed E-state index contributed by atoms with van der Waals surface area (Å²) in [5, 5.41) is 0.0935. The van der Waals surface area contributed by atoms with Crippen LogP contribution < -0.4 is 5.73 Å². The van der Waals surface area contributed by atoms with Crippen molar-refractivity contribution in [2.45, 2.75) is 17.7 Å². The molecule has 0 bridgehead atoms. The van der Waals surface area contributed by atoms with E-state index < -0.39 is 34.4 Å². The molecule has 1 amide bonds. The lowest BCUT2D eigenvalue weighted by Crippen LogP contribution is -2.41. The number of rotatable bonds is 5. The summed E-state index contributed by atoms with van der Waals surface area (Å²) < 4.78 is 31.4. The summed E-state index contributed by atoms with van der Waals surface area (Å²) in [7, 11) is -3.86. The highest BCUT2D eigenvalue weighted by Gasteiger charge is 2.34. The highest BCUT2D eigenvalue weighted by atomic mass is 35.5. The molecule has 2 rings (SSSR count). The van der Waals surface area contributed by atoms with Crippen molar-refractivity contribution in [3.63, 3.8) is 0 Å². The lowest BCUT2D eigenvalue weighted by Gasteiger charge is -2.30. The van der Waals surface area contributed by atoms with E-state index in [1.165, 1.54) is 16.4 Å². The first-order valence-corrected chi connectivity index (χ1v) is 9.32. The van der Waals surface area contributed by atoms with Crippen LogP contribution in [0.3, 0.4) is 0 Å². The first kappa shape index (κ1) is 19.0. The maximum Gasteiger partial charge on any atom is 0.309 e. The maximum absolute atomic E-state index is 12.7. The van der Waals surface area contributed by atoms with Gasteiger partial charge in [-0.2, -0.15) is 4.31 Å². The zero-order valence-corrected chi connectivity index (χ0v) is 14.9. The first-order chi connectivity index (χ1) is 11.2. The average Bonchev–Trinajstić information content (AvgIpc) is 2.52. The number of nitrogens with zero attached hydrogens (tertiary/aromatic N) is 1. The summed E-state index contributed by atoms with van der Waals surface area (Å²) in [4.78, 5) is 22.3. The van der Waals surface area contributed by atoms with Crippen molar-refractivity contribution in [2.24, 2.45) is 11.7 Å². The van der Waals surface area contributed by atoms with Crippen molar-refractivity contribution in [1.29, 1.82) is 0 Å². The molecule has 1 heterocycles. The third kappa shape index (κ3) is 4.18. The van der Waals surface area contributed by atoms with Gasteiger partial charge in [0.15, 0.2) is 6.61 Å². The SMILES string of the molecule is NC(=O)COC(=O)C1CCN(S(=O)(=O)c2c(Cl)cccc2Cl)CC1. The molecule has 1 fully saturated rings. The Bertz CT molecular complexity index is 725. The Hall–Kier alpha value is -1.35. The summed E-state index contributed by atoms with van der Waals surface area (Å²) >= 11 is 12.0. The summed E-state index contributed by atoms with van der Waals surface area (Å²) in [6.45, 7) is -0.229. The number of hydrogen-bond acceptors (Lipinski definition) is 5. The number of piperidine rings is 1. The van der Waals surface area contributed by atoms with E-state index in [1.54, 1.807) is 6.07 Å². The number of nitrogens with two attached hydrogens (primary N) is 1. The molecule has 1 aromatic carbocycles. The zero-order chi connectivity index (χ0) is 17.9. The average molecular weight is 395 g/mol. The molecule has 0 aromatic heterocycles. The topological polar surface area (TPSA) is 107 Å². The number of benzene rings is 1. The number of carbonyl (C=O) groups is 2. The van der Waals surface area contributed by atoms with Crippen LogP contribution in [0, 0.1) is 5.92 Å². The Labute approximate surface area is 149 Å². The highest BCUT2D eigenvalue weighted by Crippen LogP contribution is 2.33. The van der Waals surface area contributed by atoms with E-state index in [9.17, 15) is 18.0 Å². The quantitative estimate of drug-likeness (QED) is 0.759. The molecule has 1 aliphatic rings. The van der Waals surface area contributed by atoms with Crippen molar-refractivity contribution < 1.29 is 22.7 Å². The number of hydrogen-bond donors (Lipinski definition) is 1. The van der Waals surface area contributed by atoms with Gasteiger partial charge < -0.3 is 10.5 Å². The number of sulfonamides is 1. The van der Waals surface area contributed by atoms with Gasteiger partial charge in [0.25, 0.3) is 5.91 Å². The van der Waals surface area contributed by atoms with Crippen LogP contribution in [0.5, 0.6) is 0 Å². The number of carbonyl (C=O) groups excluding carboxylic acids is 2. The van der Waals surface area contributed by atoms with Gasteiger partial charge >= 0.3 is 5.97 Å². The fourth-order valence-electron chi connectivity index (χ4n) is 2.45. The van der Waals surface area contributed by atoms with Crippen LogP contribution in [-0.2, 0) is 24.3 Å². The van der Waals surface area contributed by atoms with Crippen molar-refractivity contribution in [1.82, 2.24) is 4.31 Å². The number of amides is 1. The standard InChI is InChI=1S/C14H16Cl2N2O5S/c15-10-2-1-3-11(16)13(10)24(21,22)18-6-4-9(5-7-18)14(20)23-8-12(17)19/h1-3,9H,4-8H2,(H2,17,19). The normalized spacial score (nSPS) is 16.8. The van der Waals surface area contributed by atoms with Gasteiger partial charge in [-0.05, 0) is 25.0 Å². The first-order valence-electron chi connectivity index (χ1n) is 7.12. The van der Waals surface area contributed by atoms with E-state index in [1.807, 2.05) is 0 Å². The monoisotopic (exact) mass is 394 g/mol. The molecule has 24 heavy (non-hydrogen) atoms. The maximum atomic E-state index is 12.7. The number of halogens is 2. The molecule has 1 aromatic rings. The smallest absolute Gasteiger partial charge is 0.309 e. The summed E-state index contributed by atoms with van der Waals surface area (Å²) in [6.07, 6.45) is 0.553. The van der Waals surface area contributed by atoms with Crippen molar-refractivity contribution in [2.75, 3.05) is 19.7 Å². The third-order valence-electron chi connectivity index (χ3n) is 3.66. The predicted octanol–water partition coefficient (Wildman–Crippen LogP) is 1.42. The van der Waals surface area contributed by atoms with Gasteiger partial charge in [-0.3, -0.25) is 9.59 Å². The van der Waals surface area contributed by atoms with Crippen LogP contribution in [-0.4, -0.2) is 44.3 Å². The summed E-state index contributed by atoms with van der Waals surface area (Å²) in [6, 6.07) is 4.47. The van der Waals surface area contributed by atoms with E-state index in [0.29, 0.717) is 0 Å². The van der Waals surface area contributed by atoms with E-state index in [0.717, 1.165) is 0 Å². The van der Waals surface area contributed by atoms with Gasteiger partial charge in [0.1, 0.15) is 4.90 Å². The highest BCUT2D eigenvalue weighted by molar-refractivity contribution is 7.89. The van der Waals surface area contributed by atoms with Crippen molar-refractivity contribution >= 4 is 45.1 Å². The van der Waals surface area contributed by atoms with E-state index in [4.69, 9.17) is 33.7 Å². The minimum atomic E-state index is -3.86. The number of esters is 1. The second kappa shape index (κ2) is 7.69. The largest absolute Gasteiger partial charge is 0.455 e. The van der Waals surface area contributed by atoms with Gasteiger partial charge in [0, 0.05) is 13.1 Å². The predicted molar refractivity (Wildman–Crippen MR) is 88.1 cm³/mol. The molecule has 0 spiro atoms. The van der Waals surface area contributed by atoms with Gasteiger partial charge in [-0.15, -0.1) is 0 Å². The molecule has 132 valence electrons. The molecule has 2 N–H and O–H groups in total. The molecule has 0 aliphatic carbocycles. The second-order valence-corrected chi connectivity index (χ2v) is 7.99. The van der Waals surface area contributed by atoms with Crippen LogP contribution in [0.1, 0.15) is 12.8 Å². The molecular weight excluding hydrogens is 379 g/mol. The van der Waals surface area contributed by atoms with Crippen LogP contribution in [0.4, 0.5) is 0 Å². The summed E-state index contributed by atoms with van der Waals surface area (Å²) in [5.74, 6) is -1.77. The molecule has 0 unspecified atom stereocenters. The van der Waals surface area contributed by atoms with Crippen molar-refractivity contribution in [3.8, 4) is 0 Å². The molecule has 0 radical (unpaired) electrons. The molecule has 7 nitrogen and oxygen atoms in total. The van der Waals surface area contributed by atoms with Gasteiger partial charge in [0.05, 0.1) is 16.0 Å². The van der Waals surface area contributed by atoms with E-state index in [2.05, 4.69) is 0 Å². The molecule has 10 heteroatoms. The minimum absolute atomic E-state index is 0.0468. The number of primary amides is 1. The zero-order valence-electron chi connectivity index (χ0n) is 12.6. The number of ether oxygens (including phenoxy) is 1. The van der Waals surface area contributed by atoms with Crippen LogP contribution in [0.2, 0.25) is 10.0 Å². The van der Waals surface area contributed by atoms with Gasteiger partial charge in [-0.1, -0.05) is 29.3 Å². The van der Waals surface area contributed by atoms with Crippen LogP contribution in [0.25, 0.3) is 0 Å². The lowest BCUT2D eigenvalue weighted by molar-refractivity contribution is -0.153. The Balaban J connectivity index is 2.06. The Morgan fingerprint density at radius 2 is 1.75 bits per heavy atom. The molecule has 1 saturated heterocycles. The fourth-order valence-corrected chi connectivity index (χ4v) is 5.01. The third-order valence-corrected chi connectivity index (χ3v) is 6.52. The Kier molecular flexibility index (Phi) is 6.08. The molecule has 0 saturated carbocycles. The molecule has 0 atom stereocenters. The van der Waals surface area contributed by atoms with E-state index >= 15 is 0 Å². The van der Waals surface area contributed by atoms with Gasteiger partial charge in [0.2, 0.25) is 10.0 Å². The van der Waals surface area contributed by atoms with Gasteiger partial charge in [-0.25, -0.2) is 8.42 Å². The molecule has 1 aliphatic heterocycles. The Morgan fingerprint density at radius 3 is 2.25 bits per heavy atom. The lowest BCUT2D eigenvalue weighted by atomic mass is 9.98. The minimum Gasteiger partial charge on any atom is -0.455 e. The Morgan fingerprint density at radius 1 is 1.21 bits per heavy atom.